The monoisotopic (exact) mass is 174 g/mol. The van der Waals surface area contributed by atoms with Gasteiger partial charge in [0.2, 0.25) is 5.91 Å². The van der Waals surface area contributed by atoms with Gasteiger partial charge in [0.15, 0.2) is 0 Å². The molecule has 0 aliphatic carbocycles. The molecule has 1 aliphatic rings. The Bertz CT molecular complexity index is 174. The largest absolute Gasteiger partial charge is 0.389 e. The number of aliphatic hydroxyl groups is 1. The van der Waals surface area contributed by atoms with E-state index in [4.69, 9.17) is 10.5 Å². The number of carbonyl (C=O) groups is 1. The molecule has 0 bridgehead atoms. The molecule has 12 heavy (non-hydrogen) atoms. The van der Waals surface area contributed by atoms with Crippen LogP contribution in [0, 0.1) is 0 Å². The van der Waals surface area contributed by atoms with Gasteiger partial charge in [-0.3, -0.25) is 10.1 Å². The van der Waals surface area contributed by atoms with Gasteiger partial charge in [-0.2, -0.15) is 0 Å². The number of rotatable bonds is 3. The second-order valence-corrected chi connectivity index (χ2v) is 3.00. The van der Waals surface area contributed by atoms with Crippen molar-refractivity contribution in [1.29, 1.82) is 0 Å². The van der Waals surface area contributed by atoms with Crippen molar-refractivity contribution in [1.82, 2.24) is 5.32 Å². The molecular weight excluding hydrogens is 160 g/mol. The summed E-state index contributed by atoms with van der Waals surface area (Å²) in [6.45, 7) is 2.41. The van der Waals surface area contributed by atoms with E-state index in [-0.39, 0.29) is 6.04 Å². The molecule has 4 N–H and O–H groups in total. The van der Waals surface area contributed by atoms with Gasteiger partial charge in [0.05, 0.1) is 31.4 Å². The number of hydrogen-bond donors (Lipinski definition) is 3. The third-order valence-electron chi connectivity index (χ3n) is 1.94. The highest BCUT2D eigenvalue weighted by atomic mass is 16.5. The van der Waals surface area contributed by atoms with Crippen LogP contribution in [0.1, 0.15) is 6.92 Å². The zero-order chi connectivity index (χ0) is 9.14. The third kappa shape index (κ3) is 2.17. The smallest absolute Gasteiger partial charge is 0.234 e. The van der Waals surface area contributed by atoms with E-state index in [9.17, 15) is 9.90 Å². The molecule has 1 fully saturated rings. The maximum absolute atomic E-state index is 10.6. The van der Waals surface area contributed by atoms with Crippen LogP contribution in [0.3, 0.4) is 0 Å². The van der Waals surface area contributed by atoms with E-state index in [0.29, 0.717) is 13.2 Å². The van der Waals surface area contributed by atoms with Crippen molar-refractivity contribution in [2.45, 2.75) is 25.1 Å². The molecule has 0 aromatic rings. The molecule has 3 atom stereocenters. The van der Waals surface area contributed by atoms with Gasteiger partial charge in [0, 0.05) is 0 Å². The Kier molecular flexibility index (Phi) is 3.02. The first kappa shape index (κ1) is 9.44. The zero-order valence-electron chi connectivity index (χ0n) is 6.99. The maximum atomic E-state index is 10.6. The number of ether oxygens (including phenoxy) is 1. The molecule has 0 spiro atoms. The molecule has 0 aromatic heterocycles. The van der Waals surface area contributed by atoms with E-state index >= 15 is 0 Å². The Balaban J connectivity index is 2.35. The summed E-state index contributed by atoms with van der Waals surface area (Å²) in [7, 11) is 0. The van der Waals surface area contributed by atoms with E-state index in [2.05, 4.69) is 5.32 Å². The molecule has 1 saturated heterocycles. The van der Waals surface area contributed by atoms with E-state index in [1.807, 2.05) is 0 Å². The maximum Gasteiger partial charge on any atom is 0.234 e. The number of nitrogens with two attached hydrogens (primary N) is 1. The molecule has 5 nitrogen and oxygen atoms in total. The molecule has 1 rings (SSSR count). The second-order valence-electron chi connectivity index (χ2n) is 3.00. The van der Waals surface area contributed by atoms with Gasteiger partial charge >= 0.3 is 0 Å². The normalized spacial score (nSPS) is 31.8. The fourth-order valence-corrected chi connectivity index (χ4v) is 1.11. The summed E-state index contributed by atoms with van der Waals surface area (Å²) < 4.78 is 4.99. The van der Waals surface area contributed by atoms with Crippen LogP contribution in [0.5, 0.6) is 0 Å². The standard InChI is InChI=1S/C7H14N2O3/c1-4(7(8)11)9-5-2-12-3-6(5)10/h4-6,9-10H,2-3H2,1H3,(H2,8,11). The van der Waals surface area contributed by atoms with Gasteiger partial charge < -0.3 is 15.6 Å². The van der Waals surface area contributed by atoms with Crippen LogP contribution in [0.2, 0.25) is 0 Å². The van der Waals surface area contributed by atoms with Gasteiger partial charge in [-0.1, -0.05) is 0 Å². The molecule has 0 radical (unpaired) electrons. The van der Waals surface area contributed by atoms with Crippen molar-refractivity contribution in [3.63, 3.8) is 0 Å². The molecular formula is C7H14N2O3. The first-order valence-corrected chi connectivity index (χ1v) is 3.92. The molecule has 0 saturated carbocycles. The highest BCUT2D eigenvalue weighted by Crippen LogP contribution is 2.05. The second kappa shape index (κ2) is 3.84. The number of carbonyl (C=O) groups excluding carboxylic acids is 1. The molecule has 3 unspecified atom stereocenters. The van der Waals surface area contributed by atoms with E-state index < -0.39 is 18.1 Å². The van der Waals surface area contributed by atoms with Crippen molar-refractivity contribution in [2.24, 2.45) is 5.73 Å². The predicted molar refractivity (Wildman–Crippen MR) is 42.4 cm³/mol. The van der Waals surface area contributed by atoms with Crippen molar-refractivity contribution < 1.29 is 14.6 Å². The van der Waals surface area contributed by atoms with Gasteiger partial charge in [-0.25, -0.2) is 0 Å². The van der Waals surface area contributed by atoms with Crippen LogP contribution < -0.4 is 11.1 Å². The SMILES string of the molecule is CC(NC1COCC1O)C(N)=O. The first-order chi connectivity index (χ1) is 5.61. The van der Waals surface area contributed by atoms with Crippen molar-refractivity contribution in [2.75, 3.05) is 13.2 Å². The summed E-state index contributed by atoms with van der Waals surface area (Å²) in [6, 6.07) is -0.598. The fourth-order valence-electron chi connectivity index (χ4n) is 1.11. The summed E-state index contributed by atoms with van der Waals surface area (Å²) in [5.74, 6) is -0.422. The van der Waals surface area contributed by atoms with Crippen molar-refractivity contribution >= 4 is 5.91 Å². The lowest BCUT2D eigenvalue weighted by Gasteiger charge is -2.17. The number of amides is 1. The third-order valence-corrected chi connectivity index (χ3v) is 1.94. The minimum Gasteiger partial charge on any atom is -0.389 e. The fraction of sp³-hybridized carbons (Fsp3) is 0.857. The number of aliphatic hydroxyl groups excluding tert-OH is 1. The van der Waals surface area contributed by atoms with Crippen molar-refractivity contribution in [3.8, 4) is 0 Å². The van der Waals surface area contributed by atoms with Crippen LogP contribution >= 0.6 is 0 Å². The molecule has 5 heteroatoms. The van der Waals surface area contributed by atoms with Gasteiger partial charge in [0.25, 0.3) is 0 Å². The highest BCUT2D eigenvalue weighted by molar-refractivity contribution is 5.79. The summed E-state index contributed by atoms with van der Waals surface area (Å²) in [5, 5.41) is 12.2. The van der Waals surface area contributed by atoms with Gasteiger partial charge in [0.1, 0.15) is 0 Å². The molecule has 0 aromatic carbocycles. The Labute approximate surface area is 70.9 Å². The quantitative estimate of drug-likeness (QED) is 0.472. The first-order valence-electron chi connectivity index (χ1n) is 3.92. The summed E-state index contributed by atoms with van der Waals surface area (Å²) in [6.07, 6.45) is -0.535. The van der Waals surface area contributed by atoms with E-state index in [0.717, 1.165) is 0 Å². The van der Waals surface area contributed by atoms with Crippen LogP contribution in [0.4, 0.5) is 0 Å². The van der Waals surface area contributed by atoms with E-state index in [1.54, 1.807) is 6.92 Å². The Morgan fingerprint density at radius 2 is 2.42 bits per heavy atom. The Hall–Kier alpha value is -0.650. The Morgan fingerprint density at radius 1 is 1.75 bits per heavy atom. The van der Waals surface area contributed by atoms with Crippen LogP contribution in [0.25, 0.3) is 0 Å². The minimum absolute atomic E-state index is 0.174. The lowest BCUT2D eigenvalue weighted by molar-refractivity contribution is -0.119. The summed E-state index contributed by atoms with van der Waals surface area (Å²) in [4.78, 5) is 10.6. The lowest BCUT2D eigenvalue weighted by atomic mass is 10.2. The predicted octanol–water partition coefficient (Wildman–Crippen LogP) is -1.79. The Morgan fingerprint density at radius 3 is 2.83 bits per heavy atom. The molecule has 1 aliphatic heterocycles. The van der Waals surface area contributed by atoms with Crippen LogP contribution in [-0.2, 0) is 9.53 Å². The van der Waals surface area contributed by atoms with Crippen molar-refractivity contribution in [3.05, 3.63) is 0 Å². The van der Waals surface area contributed by atoms with Crippen LogP contribution in [0.15, 0.2) is 0 Å². The number of nitrogens with one attached hydrogen (secondary N) is 1. The number of primary amides is 1. The van der Waals surface area contributed by atoms with Crippen LogP contribution in [-0.4, -0.2) is 42.4 Å². The highest BCUT2D eigenvalue weighted by Gasteiger charge is 2.28. The zero-order valence-corrected chi connectivity index (χ0v) is 6.99. The average molecular weight is 174 g/mol. The minimum atomic E-state index is -0.535. The summed E-state index contributed by atoms with van der Waals surface area (Å²) >= 11 is 0. The molecule has 1 heterocycles. The summed E-state index contributed by atoms with van der Waals surface area (Å²) in [5.41, 5.74) is 5.04. The topological polar surface area (TPSA) is 84.6 Å². The molecule has 70 valence electrons. The van der Waals surface area contributed by atoms with Gasteiger partial charge in [-0.05, 0) is 6.92 Å². The van der Waals surface area contributed by atoms with Gasteiger partial charge in [-0.15, -0.1) is 0 Å². The van der Waals surface area contributed by atoms with E-state index in [1.165, 1.54) is 0 Å². The average Bonchev–Trinajstić information content (AvgIpc) is 2.36. The lowest BCUT2D eigenvalue weighted by Crippen LogP contribution is -2.49. The number of hydrogen-bond acceptors (Lipinski definition) is 4. The molecule has 1 amide bonds.